The molecular formula is C14H10Br2FNO. The summed E-state index contributed by atoms with van der Waals surface area (Å²) in [6, 6.07) is 9.75. The highest BCUT2D eigenvalue weighted by atomic mass is 79.9. The summed E-state index contributed by atoms with van der Waals surface area (Å²) in [5, 5.41) is 2.66. The molecule has 0 unspecified atom stereocenters. The molecule has 0 fully saturated rings. The highest BCUT2D eigenvalue weighted by Crippen LogP contribution is 2.21. The third-order valence-electron chi connectivity index (χ3n) is 2.60. The van der Waals surface area contributed by atoms with Crippen molar-refractivity contribution in [3.63, 3.8) is 0 Å². The van der Waals surface area contributed by atoms with Crippen molar-refractivity contribution >= 4 is 43.5 Å². The molecule has 1 N–H and O–H groups in total. The first kappa shape index (κ1) is 14.2. The van der Waals surface area contributed by atoms with E-state index in [4.69, 9.17) is 0 Å². The zero-order valence-corrected chi connectivity index (χ0v) is 13.2. The Kier molecular flexibility index (Phi) is 4.37. The molecule has 1 amide bonds. The molecule has 0 aliphatic rings. The minimum Gasteiger partial charge on any atom is -0.322 e. The van der Waals surface area contributed by atoms with E-state index in [0.29, 0.717) is 15.7 Å². The molecule has 2 nitrogen and oxygen atoms in total. The van der Waals surface area contributed by atoms with Crippen molar-refractivity contribution in [3.05, 3.63) is 62.3 Å². The van der Waals surface area contributed by atoms with Crippen LogP contribution in [0.1, 0.15) is 15.9 Å². The van der Waals surface area contributed by atoms with Crippen LogP contribution in [0.5, 0.6) is 0 Å². The minimum absolute atomic E-state index is 0.266. The van der Waals surface area contributed by atoms with Crippen LogP contribution < -0.4 is 5.32 Å². The van der Waals surface area contributed by atoms with Crippen molar-refractivity contribution in [3.8, 4) is 0 Å². The molecule has 0 aromatic heterocycles. The van der Waals surface area contributed by atoms with E-state index in [1.807, 2.05) is 13.0 Å². The number of halogens is 3. The van der Waals surface area contributed by atoms with Gasteiger partial charge in [-0.3, -0.25) is 4.79 Å². The normalized spacial score (nSPS) is 10.3. The monoisotopic (exact) mass is 385 g/mol. The van der Waals surface area contributed by atoms with Crippen molar-refractivity contribution in [2.24, 2.45) is 0 Å². The molecular weight excluding hydrogens is 377 g/mol. The Labute approximate surface area is 127 Å². The number of aryl methyl sites for hydroxylation is 1. The van der Waals surface area contributed by atoms with Crippen molar-refractivity contribution in [2.75, 3.05) is 5.32 Å². The molecule has 0 saturated heterocycles. The smallest absolute Gasteiger partial charge is 0.255 e. The molecule has 19 heavy (non-hydrogen) atoms. The van der Waals surface area contributed by atoms with Gasteiger partial charge in [0.2, 0.25) is 0 Å². The number of nitrogens with one attached hydrogen (secondary N) is 1. The fourth-order valence-electron chi connectivity index (χ4n) is 1.56. The van der Waals surface area contributed by atoms with Gasteiger partial charge in [-0.05, 0) is 64.8 Å². The van der Waals surface area contributed by atoms with Gasteiger partial charge >= 0.3 is 0 Å². The van der Waals surface area contributed by atoms with E-state index >= 15 is 0 Å². The standard InChI is InChI=1S/C14H10Br2FNO/c1-8-6-9(2-4-11(8)15)14(19)18-10-3-5-12(16)13(17)7-10/h2-7H,1H3,(H,18,19). The Balaban J connectivity index is 2.20. The first-order valence-electron chi connectivity index (χ1n) is 5.50. The van der Waals surface area contributed by atoms with Crippen LogP contribution in [0.3, 0.4) is 0 Å². The third kappa shape index (κ3) is 3.42. The second kappa shape index (κ2) is 5.84. The summed E-state index contributed by atoms with van der Waals surface area (Å²) in [5.41, 5.74) is 1.92. The predicted molar refractivity (Wildman–Crippen MR) is 80.9 cm³/mol. The van der Waals surface area contributed by atoms with Crippen LogP contribution in [-0.4, -0.2) is 5.91 Å². The number of amides is 1. The molecule has 0 bridgehead atoms. The second-order valence-corrected chi connectivity index (χ2v) is 5.76. The van der Waals surface area contributed by atoms with Gasteiger partial charge in [0.15, 0.2) is 0 Å². The first-order valence-corrected chi connectivity index (χ1v) is 7.08. The van der Waals surface area contributed by atoms with Gasteiger partial charge in [-0.25, -0.2) is 4.39 Å². The maximum absolute atomic E-state index is 13.3. The molecule has 98 valence electrons. The lowest BCUT2D eigenvalue weighted by Crippen LogP contribution is -2.12. The van der Waals surface area contributed by atoms with Crippen LogP contribution in [0.25, 0.3) is 0 Å². The van der Waals surface area contributed by atoms with Crippen LogP contribution in [0.4, 0.5) is 10.1 Å². The van der Waals surface area contributed by atoms with Gasteiger partial charge in [-0.15, -0.1) is 0 Å². The Morgan fingerprint density at radius 1 is 1.11 bits per heavy atom. The van der Waals surface area contributed by atoms with E-state index < -0.39 is 5.82 Å². The summed E-state index contributed by atoms with van der Waals surface area (Å²) < 4.78 is 14.7. The van der Waals surface area contributed by atoms with E-state index in [2.05, 4.69) is 37.2 Å². The summed E-state index contributed by atoms with van der Waals surface area (Å²) >= 11 is 6.44. The SMILES string of the molecule is Cc1cc(C(=O)Nc2ccc(Br)c(F)c2)ccc1Br. The van der Waals surface area contributed by atoms with Crippen LogP contribution in [0.2, 0.25) is 0 Å². The summed E-state index contributed by atoms with van der Waals surface area (Å²) in [7, 11) is 0. The van der Waals surface area contributed by atoms with E-state index in [1.165, 1.54) is 6.07 Å². The molecule has 0 aliphatic heterocycles. The maximum Gasteiger partial charge on any atom is 0.255 e. The molecule has 0 spiro atoms. The molecule has 0 saturated carbocycles. The molecule has 0 radical (unpaired) electrons. The Bertz CT molecular complexity index is 643. The summed E-state index contributed by atoms with van der Waals surface area (Å²) in [6.07, 6.45) is 0. The average molecular weight is 387 g/mol. The van der Waals surface area contributed by atoms with Gasteiger partial charge < -0.3 is 5.32 Å². The van der Waals surface area contributed by atoms with E-state index in [-0.39, 0.29) is 5.91 Å². The zero-order chi connectivity index (χ0) is 14.0. The lowest BCUT2D eigenvalue weighted by Gasteiger charge is -2.07. The quantitative estimate of drug-likeness (QED) is 0.780. The number of hydrogen-bond acceptors (Lipinski definition) is 1. The molecule has 0 atom stereocenters. The van der Waals surface area contributed by atoms with Crippen LogP contribution in [0, 0.1) is 12.7 Å². The number of hydrogen-bond donors (Lipinski definition) is 1. The highest BCUT2D eigenvalue weighted by Gasteiger charge is 2.08. The fourth-order valence-corrected chi connectivity index (χ4v) is 2.06. The van der Waals surface area contributed by atoms with Gasteiger partial charge in [0.1, 0.15) is 5.82 Å². The van der Waals surface area contributed by atoms with Gasteiger partial charge in [0, 0.05) is 15.7 Å². The Morgan fingerprint density at radius 3 is 2.42 bits per heavy atom. The van der Waals surface area contributed by atoms with E-state index in [1.54, 1.807) is 24.3 Å². The highest BCUT2D eigenvalue weighted by molar-refractivity contribution is 9.10. The minimum atomic E-state index is -0.412. The second-order valence-electron chi connectivity index (χ2n) is 4.05. The number of carbonyl (C=O) groups excluding carboxylic acids is 1. The lowest BCUT2D eigenvalue weighted by molar-refractivity contribution is 0.102. The number of anilines is 1. The molecule has 2 rings (SSSR count). The Hall–Kier alpha value is -1.20. The molecule has 2 aromatic rings. The third-order valence-corrected chi connectivity index (χ3v) is 4.13. The van der Waals surface area contributed by atoms with Crippen LogP contribution in [0.15, 0.2) is 45.3 Å². The molecule has 5 heteroatoms. The topological polar surface area (TPSA) is 29.1 Å². The van der Waals surface area contributed by atoms with E-state index in [0.717, 1.165) is 10.0 Å². The molecule has 0 aliphatic carbocycles. The summed E-state index contributed by atoms with van der Waals surface area (Å²) in [4.78, 5) is 12.0. The van der Waals surface area contributed by atoms with E-state index in [9.17, 15) is 9.18 Å². The fraction of sp³-hybridized carbons (Fsp3) is 0.0714. The molecule has 2 aromatic carbocycles. The lowest BCUT2D eigenvalue weighted by atomic mass is 10.1. The summed E-state index contributed by atoms with van der Waals surface area (Å²) in [6.45, 7) is 1.90. The zero-order valence-electron chi connectivity index (χ0n) is 10.0. The van der Waals surface area contributed by atoms with Crippen molar-refractivity contribution in [1.29, 1.82) is 0 Å². The number of rotatable bonds is 2. The predicted octanol–water partition coefficient (Wildman–Crippen LogP) is 4.91. The van der Waals surface area contributed by atoms with Crippen molar-refractivity contribution in [1.82, 2.24) is 0 Å². The molecule has 0 heterocycles. The van der Waals surface area contributed by atoms with Gasteiger partial charge in [-0.1, -0.05) is 15.9 Å². The van der Waals surface area contributed by atoms with Gasteiger partial charge in [0.05, 0.1) is 4.47 Å². The van der Waals surface area contributed by atoms with Crippen LogP contribution in [-0.2, 0) is 0 Å². The first-order chi connectivity index (χ1) is 8.97. The number of carbonyl (C=O) groups is 1. The van der Waals surface area contributed by atoms with Crippen molar-refractivity contribution < 1.29 is 9.18 Å². The Morgan fingerprint density at radius 2 is 1.79 bits per heavy atom. The van der Waals surface area contributed by atoms with Crippen LogP contribution >= 0.6 is 31.9 Å². The van der Waals surface area contributed by atoms with Gasteiger partial charge in [0.25, 0.3) is 5.91 Å². The van der Waals surface area contributed by atoms with Gasteiger partial charge in [-0.2, -0.15) is 0 Å². The summed E-state index contributed by atoms with van der Waals surface area (Å²) in [5.74, 6) is -0.679. The number of benzene rings is 2. The average Bonchev–Trinajstić information content (AvgIpc) is 2.37. The van der Waals surface area contributed by atoms with Crippen molar-refractivity contribution in [2.45, 2.75) is 6.92 Å². The maximum atomic E-state index is 13.3. The largest absolute Gasteiger partial charge is 0.322 e.